The van der Waals surface area contributed by atoms with Gasteiger partial charge >= 0.3 is 6.03 Å². The number of hydrogen-bond donors (Lipinski definition) is 1. The highest BCUT2D eigenvalue weighted by atomic mass is 19.1. The molecule has 1 fully saturated rings. The number of allylic oxidation sites excluding steroid dienone is 2. The number of amides is 2. The zero-order valence-electron chi connectivity index (χ0n) is 15.5. The molecule has 1 aromatic rings. The minimum absolute atomic E-state index is 0.0713. The molecule has 4 rings (SSSR count). The molecule has 0 radical (unpaired) electrons. The van der Waals surface area contributed by atoms with E-state index in [4.69, 9.17) is 14.3 Å². The van der Waals surface area contributed by atoms with Crippen LogP contribution in [0, 0.1) is 5.82 Å². The van der Waals surface area contributed by atoms with Gasteiger partial charge in [-0.25, -0.2) is 9.18 Å². The maximum absolute atomic E-state index is 14.7. The molecule has 0 aromatic heterocycles. The topological polar surface area (TPSA) is 63.3 Å². The second-order valence-corrected chi connectivity index (χ2v) is 6.33. The Morgan fingerprint density at radius 3 is 2.79 bits per heavy atom. The van der Waals surface area contributed by atoms with E-state index in [1.807, 2.05) is 18.2 Å². The zero-order chi connectivity index (χ0) is 19.7. The Morgan fingerprint density at radius 1 is 1.25 bits per heavy atom. The highest BCUT2D eigenvalue weighted by Gasteiger charge is 2.28. The number of benzene rings is 1. The predicted molar refractivity (Wildman–Crippen MR) is 101 cm³/mol. The Hall–Kier alpha value is -3.26. The van der Waals surface area contributed by atoms with Crippen LogP contribution in [0.1, 0.15) is 0 Å². The fourth-order valence-corrected chi connectivity index (χ4v) is 3.32. The summed E-state index contributed by atoms with van der Waals surface area (Å²) in [5.41, 5.74) is 1.27. The molecule has 1 N–H and O–H groups in total. The third-order valence-corrected chi connectivity index (χ3v) is 4.74. The van der Waals surface area contributed by atoms with Crippen molar-refractivity contribution in [2.24, 2.45) is 0 Å². The van der Waals surface area contributed by atoms with Crippen molar-refractivity contribution in [1.82, 2.24) is 10.4 Å². The van der Waals surface area contributed by atoms with Gasteiger partial charge in [-0.15, -0.1) is 0 Å². The monoisotopic (exact) mass is 385 g/mol. The first-order chi connectivity index (χ1) is 13.6. The standard InChI is InChI=1S/C20H20FN3O4/c1-26-14-4-5-17-15(12-14)18(7-9-24(17)27-2)28-19-6-3-13(11-16(19)21)23-10-8-22-20(23)25/h3-7,9,11-12,17H,8,10H2,1-2H3,(H,22,25). The van der Waals surface area contributed by atoms with Gasteiger partial charge in [0.25, 0.3) is 0 Å². The number of anilines is 1. The number of fused-ring (bicyclic) bond motifs is 1. The number of carbonyl (C=O) groups is 1. The van der Waals surface area contributed by atoms with Crippen molar-refractivity contribution < 1.29 is 23.5 Å². The molecule has 1 saturated heterocycles. The molecule has 2 aliphatic heterocycles. The molecule has 2 amide bonds. The van der Waals surface area contributed by atoms with Crippen molar-refractivity contribution in [1.29, 1.82) is 0 Å². The van der Waals surface area contributed by atoms with E-state index in [0.29, 0.717) is 30.3 Å². The number of nitrogens with zero attached hydrogens (tertiary/aromatic N) is 2. The molecule has 7 nitrogen and oxygen atoms in total. The Morgan fingerprint density at radius 2 is 2.11 bits per heavy atom. The van der Waals surface area contributed by atoms with Crippen LogP contribution in [-0.4, -0.2) is 44.4 Å². The summed E-state index contributed by atoms with van der Waals surface area (Å²) in [6.45, 7) is 1.04. The van der Waals surface area contributed by atoms with Gasteiger partial charge in [-0.1, -0.05) is 6.08 Å². The summed E-state index contributed by atoms with van der Waals surface area (Å²) in [6, 6.07) is 4.04. The summed E-state index contributed by atoms with van der Waals surface area (Å²) < 4.78 is 25.8. The van der Waals surface area contributed by atoms with Crippen molar-refractivity contribution in [2.75, 3.05) is 32.2 Å². The lowest BCUT2D eigenvalue weighted by atomic mass is 9.97. The van der Waals surface area contributed by atoms with Gasteiger partial charge in [-0.3, -0.25) is 14.8 Å². The molecule has 1 atom stereocenters. The molecular formula is C20H20FN3O4. The summed E-state index contributed by atoms with van der Waals surface area (Å²) in [4.78, 5) is 18.6. The first-order valence-electron chi connectivity index (χ1n) is 8.82. The molecule has 2 heterocycles. The van der Waals surface area contributed by atoms with Gasteiger partial charge in [0.05, 0.1) is 14.2 Å². The summed E-state index contributed by atoms with van der Waals surface area (Å²) in [7, 11) is 3.15. The molecule has 1 unspecified atom stereocenters. The van der Waals surface area contributed by atoms with E-state index in [1.165, 1.54) is 17.0 Å². The van der Waals surface area contributed by atoms with E-state index < -0.39 is 5.82 Å². The molecule has 28 heavy (non-hydrogen) atoms. The Kier molecular flexibility index (Phi) is 4.79. The Balaban J connectivity index is 1.63. The second-order valence-electron chi connectivity index (χ2n) is 6.33. The fourth-order valence-electron chi connectivity index (χ4n) is 3.32. The molecule has 1 aromatic carbocycles. The minimum atomic E-state index is -0.549. The smallest absolute Gasteiger partial charge is 0.321 e. The van der Waals surface area contributed by atoms with E-state index >= 15 is 0 Å². The molecule has 8 heteroatoms. The fraction of sp³-hybridized carbons (Fsp3) is 0.250. The molecule has 1 aliphatic carbocycles. The van der Waals surface area contributed by atoms with Gasteiger partial charge in [0.2, 0.25) is 0 Å². The van der Waals surface area contributed by atoms with Gasteiger partial charge in [0.15, 0.2) is 11.6 Å². The van der Waals surface area contributed by atoms with Crippen molar-refractivity contribution in [3.05, 3.63) is 71.6 Å². The predicted octanol–water partition coefficient (Wildman–Crippen LogP) is 2.85. The average molecular weight is 385 g/mol. The van der Waals surface area contributed by atoms with Crippen LogP contribution in [-0.2, 0) is 9.57 Å². The lowest BCUT2D eigenvalue weighted by Crippen LogP contribution is -2.34. The van der Waals surface area contributed by atoms with Gasteiger partial charge in [-0.05, 0) is 30.4 Å². The maximum atomic E-state index is 14.7. The number of urea groups is 1. The largest absolute Gasteiger partial charge is 0.497 e. The Bertz CT molecular complexity index is 922. The van der Waals surface area contributed by atoms with Crippen LogP contribution in [0.5, 0.6) is 5.75 Å². The van der Waals surface area contributed by atoms with Gasteiger partial charge in [0, 0.05) is 36.6 Å². The summed E-state index contributed by atoms with van der Waals surface area (Å²) in [5, 5.41) is 4.35. The van der Waals surface area contributed by atoms with Crippen LogP contribution in [0.3, 0.4) is 0 Å². The van der Waals surface area contributed by atoms with Crippen LogP contribution in [0.15, 0.2) is 65.8 Å². The van der Waals surface area contributed by atoms with Crippen molar-refractivity contribution in [3.63, 3.8) is 0 Å². The summed E-state index contributed by atoms with van der Waals surface area (Å²) >= 11 is 0. The van der Waals surface area contributed by atoms with Gasteiger partial charge in [0.1, 0.15) is 17.6 Å². The van der Waals surface area contributed by atoms with Gasteiger partial charge in [-0.2, -0.15) is 0 Å². The van der Waals surface area contributed by atoms with Crippen LogP contribution in [0.4, 0.5) is 14.9 Å². The van der Waals surface area contributed by atoms with Gasteiger partial charge < -0.3 is 14.8 Å². The van der Waals surface area contributed by atoms with Crippen molar-refractivity contribution >= 4 is 11.7 Å². The normalized spacial score (nSPS) is 20.9. The van der Waals surface area contributed by atoms with Crippen LogP contribution in [0.2, 0.25) is 0 Å². The zero-order valence-corrected chi connectivity index (χ0v) is 15.5. The van der Waals surface area contributed by atoms with Crippen LogP contribution in [0.25, 0.3) is 0 Å². The highest BCUT2D eigenvalue weighted by molar-refractivity contribution is 5.94. The lowest BCUT2D eigenvalue weighted by molar-refractivity contribution is -0.101. The second kappa shape index (κ2) is 7.40. The number of halogens is 1. The number of ether oxygens (including phenoxy) is 2. The Labute approximate surface area is 161 Å². The molecule has 0 spiro atoms. The first-order valence-corrected chi connectivity index (χ1v) is 8.82. The highest BCUT2D eigenvalue weighted by Crippen LogP contribution is 2.32. The number of carbonyl (C=O) groups excluding carboxylic acids is 1. The molecular weight excluding hydrogens is 365 g/mol. The number of methoxy groups -OCH3 is 1. The average Bonchev–Trinajstić information content (AvgIpc) is 3.15. The van der Waals surface area contributed by atoms with E-state index in [0.717, 1.165) is 5.57 Å². The molecule has 146 valence electrons. The van der Waals surface area contributed by atoms with Crippen LogP contribution >= 0.6 is 0 Å². The third-order valence-electron chi connectivity index (χ3n) is 4.74. The minimum Gasteiger partial charge on any atom is -0.497 e. The summed E-state index contributed by atoms with van der Waals surface area (Å²) in [5.74, 6) is 0.672. The maximum Gasteiger partial charge on any atom is 0.321 e. The SMILES string of the molecule is COC1=CC2=C(Oc3ccc(N4CCNC4=O)cc3F)C=CN(OC)C2C=C1. The van der Waals surface area contributed by atoms with E-state index in [-0.39, 0.29) is 17.8 Å². The van der Waals surface area contributed by atoms with E-state index in [9.17, 15) is 9.18 Å². The van der Waals surface area contributed by atoms with E-state index in [1.54, 1.807) is 37.6 Å². The third kappa shape index (κ3) is 3.22. The van der Waals surface area contributed by atoms with E-state index in [2.05, 4.69) is 5.32 Å². The van der Waals surface area contributed by atoms with Crippen molar-refractivity contribution in [2.45, 2.75) is 6.04 Å². The molecule has 3 aliphatic rings. The molecule has 0 bridgehead atoms. The molecule has 0 saturated carbocycles. The van der Waals surface area contributed by atoms with Crippen molar-refractivity contribution in [3.8, 4) is 5.75 Å². The quantitative estimate of drug-likeness (QED) is 0.845. The van der Waals surface area contributed by atoms with Crippen LogP contribution < -0.4 is 15.0 Å². The number of rotatable bonds is 5. The summed E-state index contributed by atoms with van der Waals surface area (Å²) in [6.07, 6.45) is 9.01. The first kappa shape index (κ1) is 18.1. The number of nitrogens with one attached hydrogen (secondary N) is 1. The lowest BCUT2D eigenvalue weighted by Gasteiger charge is -2.33. The number of hydrogen-bond acceptors (Lipinski definition) is 5. The number of hydroxylamine groups is 2.